The Balaban J connectivity index is 1.65. The largest absolute Gasteiger partial charge is 0.496 e. The molecule has 0 bridgehead atoms. The van der Waals surface area contributed by atoms with E-state index in [0.717, 1.165) is 30.3 Å². The van der Waals surface area contributed by atoms with Crippen LogP contribution in [0.25, 0.3) is 0 Å². The highest BCUT2D eigenvalue weighted by Crippen LogP contribution is 2.30. The van der Waals surface area contributed by atoms with Crippen LogP contribution in [0, 0.1) is 13.8 Å². The molecule has 3 rings (SSSR count). The maximum absolute atomic E-state index is 13.0. The van der Waals surface area contributed by atoms with Crippen LogP contribution in [0.4, 0.5) is 0 Å². The number of benzene rings is 1. The maximum atomic E-state index is 13.0. The third-order valence-electron chi connectivity index (χ3n) is 4.73. The Hall–Kier alpha value is -2.12. The van der Waals surface area contributed by atoms with Gasteiger partial charge in [-0.1, -0.05) is 6.07 Å². The quantitative estimate of drug-likeness (QED) is 0.804. The summed E-state index contributed by atoms with van der Waals surface area (Å²) in [4.78, 5) is 23.1. The summed E-state index contributed by atoms with van der Waals surface area (Å²) in [6, 6.07) is 5.41. The molecule has 0 atom stereocenters. The van der Waals surface area contributed by atoms with Crippen LogP contribution in [-0.4, -0.2) is 61.1 Å². The van der Waals surface area contributed by atoms with E-state index in [-0.39, 0.29) is 5.91 Å². The summed E-state index contributed by atoms with van der Waals surface area (Å²) in [6.07, 6.45) is 0. The summed E-state index contributed by atoms with van der Waals surface area (Å²) in [7, 11) is 3.14. The Labute approximate surface area is 158 Å². The highest BCUT2D eigenvalue weighted by atomic mass is 32.1. The number of aromatic nitrogens is 1. The highest BCUT2D eigenvalue weighted by molar-refractivity contribution is 7.11. The van der Waals surface area contributed by atoms with Crippen LogP contribution in [-0.2, 0) is 6.54 Å². The minimum Gasteiger partial charge on any atom is -0.496 e. The Bertz CT molecular complexity index is 741. The van der Waals surface area contributed by atoms with Gasteiger partial charge in [0.2, 0.25) is 0 Å². The van der Waals surface area contributed by atoms with Gasteiger partial charge in [-0.05, 0) is 26.0 Å². The normalized spacial score (nSPS) is 15.2. The molecule has 7 heteroatoms. The second-order valence-electron chi connectivity index (χ2n) is 6.36. The van der Waals surface area contributed by atoms with Gasteiger partial charge in [-0.2, -0.15) is 0 Å². The highest BCUT2D eigenvalue weighted by Gasteiger charge is 2.27. The maximum Gasteiger partial charge on any atom is 0.261 e. The van der Waals surface area contributed by atoms with E-state index in [0.29, 0.717) is 30.2 Å². The predicted octanol–water partition coefficient (Wildman–Crippen LogP) is 2.74. The third-order valence-corrected chi connectivity index (χ3v) is 5.79. The first kappa shape index (κ1) is 18.7. The number of carbonyl (C=O) groups excluding carboxylic acids is 1. The monoisotopic (exact) mass is 375 g/mol. The van der Waals surface area contributed by atoms with Gasteiger partial charge in [0.05, 0.1) is 26.5 Å². The Morgan fingerprint density at radius 3 is 2.23 bits per heavy atom. The molecule has 0 unspecified atom stereocenters. The van der Waals surface area contributed by atoms with E-state index < -0.39 is 0 Å². The predicted molar refractivity (Wildman–Crippen MR) is 102 cm³/mol. The van der Waals surface area contributed by atoms with E-state index in [2.05, 4.69) is 16.8 Å². The van der Waals surface area contributed by atoms with Crippen molar-refractivity contribution in [2.75, 3.05) is 40.4 Å². The van der Waals surface area contributed by atoms with Crippen molar-refractivity contribution >= 4 is 17.2 Å². The molecular formula is C19H25N3O3S. The lowest BCUT2D eigenvalue weighted by Crippen LogP contribution is -2.48. The van der Waals surface area contributed by atoms with Gasteiger partial charge in [0, 0.05) is 31.1 Å². The number of thiazole rings is 1. The summed E-state index contributed by atoms with van der Waals surface area (Å²) in [6.45, 7) is 8.04. The van der Waals surface area contributed by atoms with Gasteiger partial charge in [0.15, 0.2) is 0 Å². The number of rotatable bonds is 5. The van der Waals surface area contributed by atoms with E-state index in [9.17, 15) is 4.79 Å². The average Bonchev–Trinajstić information content (AvgIpc) is 2.98. The van der Waals surface area contributed by atoms with Crippen molar-refractivity contribution in [1.29, 1.82) is 0 Å². The lowest BCUT2D eigenvalue weighted by molar-refractivity contribution is 0.0622. The van der Waals surface area contributed by atoms with Crippen molar-refractivity contribution in [2.24, 2.45) is 0 Å². The van der Waals surface area contributed by atoms with Crippen molar-refractivity contribution in [3.63, 3.8) is 0 Å². The van der Waals surface area contributed by atoms with E-state index in [1.54, 1.807) is 37.7 Å². The molecule has 1 aromatic heterocycles. The number of nitrogens with zero attached hydrogens (tertiary/aromatic N) is 3. The van der Waals surface area contributed by atoms with Crippen LogP contribution in [0.15, 0.2) is 18.2 Å². The Morgan fingerprint density at radius 2 is 1.73 bits per heavy atom. The number of aryl methyl sites for hydroxylation is 2. The minimum atomic E-state index is -0.0418. The zero-order valence-electron chi connectivity index (χ0n) is 15.7. The molecular weight excluding hydrogens is 350 g/mol. The van der Waals surface area contributed by atoms with Gasteiger partial charge < -0.3 is 14.4 Å². The topological polar surface area (TPSA) is 54.9 Å². The molecule has 140 valence electrons. The van der Waals surface area contributed by atoms with Gasteiger partial charge in [0.25, 0.3) is 5.91 Å². The first-order chi connectivity index (χ1) is 12.5. The molecule has 0 aliphatic carbocycles. The smallest absolute Gasteiger partial charge is 0.261 e. The van der Waals surface area contributed by atoms with Crippen molar-refractivity contribution < 1.29 is 14.3 Å². The molecule has 2 heterocycles. The van der Waals surface area contributed by atoms with Gasteiger partial charge in [-0.3, -0.25) is 9.69 Å². The third kappa shape index (κ3) is 3.83. The summed E-state index contributed by atoms with van der Waals surface area (Å²) in [5.41, 5.74) is 1.61. The summed E-state index contributed by atoms with van der Waals surface area (Å²) >= 11 is 1.76. The fourth-order valence-corrected chi connectivity index (χ4v) is 4.10. The molecule has 0 saturated carbocycles. The first-order valence-corrected chi connectivity index (χ1v) is 9.50. The van der Waals surface area contributed by atoms with Crippen LogP contribution in [0.1, 0.15) is 25.9 Å². The zero-order valence-corrected chi connectivity index (χ0v) is 16.6. The fraction of sp³-hybridized carbons (Fsp3) is 0.474. The SMILES string of the molecule is COc1cccc(OC)c1C(=O)N1CCN(Cc2nc(C)c(C)s2)CC1. The van der Waals surface area contributed by atoms with Crippen molar-refractivity contribution in [3.8, 4) is 11.5 Å². The van der Waals surface area contributed by atoms with Crippen molar-refractivity contribution in [1.82, 2.24) is 14.8 Å². The van der Waals surface area contributed by atoms with Crippen molar-refractivity contribution in [2.45, 2.75) is 20.4 Å². The molecule has 1 aliphatic rings. The molecule has 1 aromatic carbocycles. The van der Waals surface area contributed by atoms with Crippen LogP contribution in [0.3, 0.4) is 0 Å². The molecule has 26 heavy (non-hydrogen) atoms. The first-order valence-electron chi connectivity index (χ1n) is 8.69. The molecule has 2 aromatic rings. The van der Waals surface area contributed by atoms with E-state index >= 15 is 0 Å². The van der Waals surface area contributed by atoms with Gasteiger partial charge >= 0.3 is 0 Å². The van der Waals surface area contributed by atoms with Crippen LogP contribution in [0.5, 0.6) is 11.5 Å². The number of amides is 1. The van der Waals surface area contributed by atoms with Crippen LogP contribution < -0.4 is 9.47 Å². The lowest BCUT2D eigenvalue weighted by atomic mass is 10.1. The zero-order chi connectivity index (χ0) is 18.7. The Kier molecular flexibility index (Phi) is 5.78. The summed E-state index contributed by atoms with van der Waals surface area (Å²) in [5.74, 6) is 1.05. The molecule has 0 N–H and O–H groups in total. The fourth-order valence-electron chi connectivity index (χ4n) is 3.13. The molecule has 1 saturated heterocycles. The second-order valence-corrected chi connectivity index (χ2v) is 7.64. The number of carbonyl (C=O) groups is 1. The van der Waals surface area contributed by atoms with Gasteiger partial charge in [-0.15, -0.1) is 11.3 Å². The molecule has 0 radical (unpaired) electrons. The molecule has 6 nitrogen and oxygen atoms in total. The lowest BCUT2D eigenvalue weighted by Gasteiger charge is -2.34. The van der Waals surface area contributed by atoms with Gasteiger partial charge in [-0.25, -0.2) is 4.98 Å². The summed E-state index contributed by atoms with van der Waals surface area (Å²) < 4.78 is 10.7. The van der Waals surface area contributed by atoms with E-state index in [1.165, 1.54) is 4.88 Å². The summed E-state index contributed by atoms with van der Waals surface area (Å²) in [5, 5.41) is 1.14. The van der Waals surface area contributed by atoms with E-state index in [1.807, 2.05) is 17.9 Å². The Morgan fingerprint density at radius 1 is 1.12 bits per heavy atom. The molecule has 1 amide bonds. The minimum absolute atomic E-state index is 0.0418. The standard InChI is InChI=1S/C19H25N3O3S/c1-13-14(2)26-17(20-13)12-21-8-10-22(11-9-21)19(23)18-15(24-3)6-5-7-16(18)25-4/h5-7H,8-12H2,1-4H3. The number of methoxy groups -OCH3 is 2. The molecule has 1 aliphatic heterocycles. The van der Waals surface area contributed by atoms with Crippen molar-refractivity contribution in [3.05, 3.63) is 39.3 Å². The second kappa shape index (κ2) is 8.05. The number of ether oxygens (including phenoxy) is 2. The number of hydrogen-bond acceptors (Lipinski definition) is 6. The number of piperazine rings is 1. The molecule has 1 fully saturated rings. The van der Waals surface area contributed by atoms with Gasteiger partial charge in [0.1, 0.15) is 22.1 Å². The van der Waals surface area contributed by atoms with E-state index in [4.69, 9.17) is 9.47 Å². The number of hydrogen-bond donors (Lipinski definition) is 0. The van der Waals surface area contributed by atoms with Crippen LogP contribution >= 0.6 is 11.3 Å². The average molecular weight is 375 g/mol. The van der Waals surface area contributed by atoms with Crippen LogP contribution in [0.2, 0.25) is 0 Å². The molecule has 0 spiro atoms.